The maximum absolute atomic E-state index is 13.7. The molecule has 1 saturated carbocycles. The molecule has 12 heteroatoms. The fraction of sp³-hybridized carbons (Fsp3) is 0.250. The summed E-state index contributed by atoms with van der Waals surface area (Å²) in [5, 5.41) is 30.8. The van der Waals surface area contributed by atoms with E-state index in [1.165, 1.54) is 17.0 Å². The van der Waals surface area contributed by atoms with Crippen LogP contribution >= 0.6 is 0 Å². The Bertz CT molecular complexity index is 1690. The van der Waals surface area contributed by atoms with E-state index in [1.807, 2.05) is 0 Å². The summed E-state index contributed by atoms with van der Waals surface area (Å²) >= 11 is 0. The molecule has 1 fully saturated rings. The Morgan fingerprint density at radius 3 is 2.58 bits per heavy atom. The molecule has 6 rings (SSSR count). The summed E-state index contributed by atoms with van der Waals surface area (Å²) in [6.45, 7) is -0.295. The number of nitrogens with zero attached hydrogens (tertiary/aromatic N) is 6. The van der Waals surface area contributed by atoms with Crippen LogP contribution in [0.3, 0.4) is 0 Å². The number of fused-ring (bicyclic) bond motifs is 1. The van der Waals surface area contributed by atoms with Gasteiger partial charge in [0, 0.05) is 24.2 Å². The quantitative estimate of drug-likeness (QED) is 0.378. The van der Waals surface area contributed by atoms with Gasteiger partial charge in [0.05, 0.1) is 29.8 Å². The minimum atomic E-state index is -4.61. The zero-order chi connectivity index (χ0) is 28.2. The number of carbonyl (C=O) groups is 1. The van der Waals surface area contributed by atoms with Gasteiger partial charge in [-0.05, 0) is 72.0 Å². The van der Waals surface area contributed by atoms with Crippen molar-refractivity contribution in [2.24, 2.45) is 7.05 Å². The Labute approximate surface area is 226 Å². The average molecular weight is 546 g/mol. The molecule has 0 bridgehead atoms. The normalized spacial score (nSPS) is 18.3. The van der Waals surface area contributed by atoms with E-state index in [9.17, 15) is 28.3 Å². The average Bonchev–Trinajstić information content (AvgIpc) is 3.49. The molecule has 2 aromatic heterocycles. The molecular formula is C28H22F3N7O2. The third kappa shape index (κ3) is 4.44. The van der Waals surface area contributed by atoms with Crippen molar-refractivity contribution >= 4 is 17.5 Å². The maximum atomic E-state index is 13.7. The van der Waals surface area contributed by atoms with Gasteiger partial charge in [0.25, 0.3) is 5.91 Å². The summed E-state index contributed by atoms with van der Waals surface area (Å²) in [6.07, 6.45) is -2.47. The number of pyridine rings is 1. The number of aliphatic hydroxyl groups excluding tert-OH is 1. The molecule has 2 aromatic carbocycles. The minimum Gasteiger partial charge on any atom is -0.393 e. The Morgan fingerprint density at radius 2 is 1.90 bits per heavy atom. The number of hydrogen-bond donors (Lipinski definition) is 2. The van der Waals surface area contributed by atoms with Crippen molar-refractivity contribution in [1.29, 1.82) is 5.26 Å². The molecule has 0 spiro atoms. The van der Waals surface area contributed by atoms with Crippen LogP contribution in [-0.2, 0) is 19.8 Å². The van der Waals surface area contributed by atoms with Crippen molar-refractivity contribution in [3.8, 4) is 28.6 Å². The first kappa shape index (κ1) is 25.5. The van der Waals surface area contributed by atoms with Crippen LogP contribution in [-0.4, -0.2) is 42.9 Å². The Balaban J connectivity index is 1.49. The molecule has 40 heavy (non-hydrogen) atoms. The standard InChI is InChI=1S/C28H22F3N7O2/c1-37-14-33-36-26(37)19-6-5-15(12-32)7-21(19)16-8-24(34-17-10-18(39)11-17)35-25(9-16)38-13-22-20(27(38)40)3-2-4-23(22)28(29,30)31/h2-9,14,17-18,39H,10-11,13H2,1H3,(H,34,35). The lowest BCUT2D eigenvalue weighted by Crippen LogP contribution is -2.39. The predicted octanol–water partition coefficient (Wildman–Crippen LogP) is 4.53. The largest absolute Gasteiger partial charge is 0.416 e. The van der Waals surface area contributed by atoms with Gasteiger partial charge in [0.1, 0.15) is 18.0 Å². The lowest BCUT2D eigenvalue weighted by atomic mass is 9.89. The summed E-state index contributed by atoms with van der Waals surface area (Å²) in [6, 6.07) is 14.1. The SMILES string of the molecule is Cn1cnnc1-c1ccc(C#N)cc1-c1cc(NC2CC(O)C2)nc(N2Cc3c(cccc3C(F)(F)F)C2=O)c1. The maximum Gasteiger partial charge on any atom is 0.416 e. The summed E-state index contributed by atoms with van der Waals surface area (Å²) in [5.74, 6) is 0.486. The highest BCUT2D eigenvalue weighted by Gasteiger charge is 2.40. The smallest absolute Gasteiger partial charge is 0.393 e. The number of aromatic nitrogens is 4. The number of amides is 1. The number of carbonyl (C=O) groups excluding carboxylic acids is 1. The lowest BCUT2D eigenvalue weighted by Gasteiger charge is -2.32. The van der Waals surface area contributed by atoms with Crippen LogP contribution in [0.25, 0.3) is 22.5 Å². The molecule has 0 unspecified atom stereocenters. The van der Waals surface area contributed by atoms with Gasteiger partial charge in [-0.25, -0.2) is 4.98 Å². The Hall–Kier alpha value is -4.76. The number of aliphatic hydroxyl groups is 1. The molecular weight excluding hydrogens is 523 g/mol. The first-order valence-corrected chi connectivity index (χ1v) is 12.5. The fourth-order valence-electron chi connectivity index (χ4n) is 5.16. The van der Waals surface area contributed by atoms with Gasteiger partial charge in [-0.1, -0.05) is 6.07 Å². The number of hydrogen-bond acceptors (Lipinski definition) is 7. The van der Waals surface area contributed by atoms with E-state index in [4.69, 9.17) is 0 Å². The second-order valence-corrected chi connectivity index (χ2v) is 9.92. The molecule has 1 aliphatic heterocycles. The highest BCUT2D eigenvalue weighted by molar-refractivity contribution is 6.10. The van der Waals surface area contributed by atoms with Crippen LogP contribution in [0.5, 0.6) is 0 Å². The van der Waals surface area contributed by atoms with Gasteiger partial charge in [-0.15, -0.1) is 10.2 Å². The minimum absolute atomic E-state index is 0.0232. The highest BCUT2D eigenvalue weighted by atomic mass is 19.4. The number of halogens is 3. The Morgan fingerprint density at radius 1 is 1.10 bits per heavy atom. The van der Waals surface area contributed by atoms with E-state index in [1.54, 1.807) is 48.3 Å². The molecule has 4 aromatic rings. The van der Waals surface area contributed by atoms with Gasteiger partial charge in [-0.2, -0.15) is 18.4 Å². The van der Waals surface area contributed by atoms with Crippen molar-refractivity contribution in [3.05, 3.63) is 77.1 Å². The number of rotatable bonds is 5. The topological polar surface area (TPSA) is 120 Å². The van der Waals surface area contributed by atoms with E-state index in [0.717, 1.165) is 6.07 Å². The van der Waals surface area contributed by atoms with Crippen LogP contribution in [0.15, 0.2) is 54.9 Å². The molecule has 1 aliphatic carbocycles. The van der Waals surface area contributed by atoms with Crippen molar-refractivity contribution in [2.75, 3.05) is 10.2 Å². The molecule has 9 nitrogen and oxygen atoms in total. The van der Waals surface area contributed by atoms with Gasteiger partial charge in [0.15, 0.2) is 5.82 Å². The molecule has 0 radical (unpaired) electrons. The highest BCUT2D eigenvalue weighted by Crippen LogP contribution is 2.40. The van der Waals surface area contributed by atoms with Crippen LogP contribution in [0.1, 0.15) is 39.9 Å². The number of alkyl halides is 3. The van der Waals surface area contributed by atoms with E-state index < -0.39 is 23.8 Å². The van der Waals surface area contributed by atoms with Crippen molar-refractivity contribution < 1.29 is 23.1 Å². The molecule has 1 amide bonds. The van der Waals surface area contributed by atoms with Crippen LogP contribution in [0, 0.1) is 11.3 Å². The third-order valence-corrected chi connectivity index (χ3v) is 7.24. The first-order valence-electron chi connectivity index (χ1n) is 12.5. The lowest BCUT2D eigenvalue weighted by molar-refractivity contribution is -0.138. The monoisotopic (exact) mass is 545 g/mol. The molecule has 0 saturated heterocycles. The van der Waals surface area contributed by atoms with Crippen LogP contribution in [0.2, 0.25) is 0 Å². The zero-order valence-electron chi connectivity index (χ0n) is 21.1. The number of nitrogens with one attached hydrogen (secondary N) is 1. The summed E-state index contributed by atoms with van der Waals surface area (Å²) < 4.78 is 42.9. The molecule has 2 aliphatic rings. The van der Waals surface area contributed by atoms with E-state index in [2.05, 4.69) is 26.6 Å². The molecule has 0 atom stereocenters. The number of benzene rings is 2. The summed E-state index contributed by atoms with van der Waals surface area (Å²) in [5.41, 5.74) is 1.25. The fourth-order valence-corrected chi connectivity index (χ4v) is 5.16. The number of aryl methyl sites for hydroxylation is 1. The predicted molar refractivity (Wildman–Crippen MR) is 139 cm³/mol. The molecule has 2 N–H and O–H groups in total. The van der Waals surface area contributed by atoms with Crippen molar-refractivity contribution in [3.63, 3.8) is 0 Å². The second-order valence-electron chi connectivity index (χ2n) is 9.92. The van der Waals surface area contributed by atoms with Gasteiger partial charge in [-0.3, -0.25) is 9.69 Å². The Kier molecular flexibility index (Phi) is 6.03. The van der Waals surface area contributed by atoms with Gasteiger partial charge in [0.2, 0.25) is 0 Å². The number of anilines is 2. The third-order valence-electron chi connectivity index (χ3n) is 7.24. The van der Waals surface area contributed by atoms with Crippen molar-refractivity contribution in [1.82, 2.24) is 19.7 Å². The summed E-state index contributed by atoms with van der Waals surface area (Å²) in [4.78, 5) is 19.2. The van der Waals surface area contributed by atoms with E-state index in [-0.39, 0.29) is 29.5 Å². The first-order chi connectivity index (χ1) is 19.1. The van der Waals surface area contributed by atoms with Crippen molar-refractivity contribution in [2.45, 2.75) is 37.7 Å². The van der Waals surface area contributed by atoms with E-state index >= 15 is 0 Å². The van der Waals surface area contributed by atoms with Gasteiger partial charge >= 0.3 is 6.18 Å². The summed E-state index contributed by atoms with van der Waals surface area (Å²) in [7, 11) is 1.78. The number of nitriles is 1. The molecule has 202 valence electrons. The van der Waals surface area contributed by atoms with E-state index in [0.29, 0.717) is 46.7 Å². The van der Waals surface area contributed by atoms with Crippen LogP contribution < -0.4 is 10.2 Å². The molecule has 3 heterocycles. The van der Waals surface area contributed by atoms with Crippen LogP contribution in [0.4, 0.5) is 24.8 Å². The zero-order valence-corrected chi connectivity index (χ0v) is 21.1. The second kappa shape index (κ2) is 9.46. The van der Waals surface area contributed by atoms with Gasteiger partial charge < -0.3 is 15.0 Å².